The number of hydrogen-bond donors (Lipinski definition) is 5. The fourth-order valence-corrected chi connectivity index (χ4v) is 5.84. The number of aromatic nitrogens is 1. The zero-order valence-electron chi connectivity index (χ0n) is 25.7. The summed E-state index contributed by atoms with van der Waals surface area (Å²) in [6, 6.07) is 20.2. The second-order valence-corrected chi connectivity index (χ2v) is 11.3. The van der Waals surface area contributed by atoms with Crippen molar-refractivity contribution in [2.45, 2.75) is 38.6 Å². The van der Waals surface area contributed by atoms with Crippen LogP contribution in [0.25, 0.3) is 10.9 Å². The number of hydrogen-bond acceptors (Lipinski definition) is 5. The summed E-state index contributed by atoms with van der Waals surface area (Å²) in [5.74, 6) is -0.557. The van der Waals surface area contributed by atoms with Crippen LogP contribution in [0.3, 0.4) is 0 Å². The number of rotatable bonds is 12. The summed E-state index contributed by atoms with van der Waals surface area (Å²) in [5.41, 5.74) is 3.77. The number of piperazine rings is 1. The van der Waals surface area contributed by atoms with E-state index in [0.29, 0.717) is 12.1 Å². The number of amides is 4. The van der Waals surface area contributed by atoms with Crippen molar-refractivity contribution in [2.75, 3.05) is 19.6 Å². The van der Waals surface area contributed by atoms with Gasteiger partial charge in [0.1, 0.15) is 18.0 Å². The first-order valence-corrected chi connectivity index (χ1v) is 15.2. The largest absolute Gasteiger partial charge is 0.508 e. The molecule has 11 heteroatoms. The van der Waals surface area contributed by atoms with Gasteiger partial charge in [0.05, 0.1) is 18.6 Å². The van der Waals surface area contributed by atoms with Gasteiger partial charge in [-0.1, -0.05) is 67.2 Å². The molecule has 3 aromatic carbocycles. The molecule has 0 bridgehead atoms. The molecule has 1 aliphatic rings. The molecule has 2 atom stereocenters. The number of ketones is 1. The number of nitrogens with two attached hydrogens (primary N) is 1. The topological polar surface area (TPSA) is 151 Å². The lowest BCUT2D eigenvalue weighted by atomic mass is 9.98. The van der Waals surface area contributed by atoms with E-state index < -0.39 is 18.2 Å². The van der Waals surface area contributed by atoms with Gasteiger partial charge in [0.25, 0.3) is 5.91 Å². The summed E-state index contributed by atoms with van der Waals surface area (Å²) in [4.78, 5) is 59.9. The van der Waals surface area contributed by atoms with Crippen LogP contribution >= 0.6 is 0 Å². The Labute approximate surface area is 267 Å². The molecule has 2 heterocycles. The smallest absolute Gasteiger partial charge is 0.316 e. The highest BCUT2D eigenvalue weighted by molar-refractivity contribution is 6.07. The van der Waals surface area contributed by atoms with Gasteiger partial charge in [0.15, 0.2) is 12.3 Å². The predicted molar refractivity (Wildman–Crippen MR) is 174 cm³/mol. The fraction of sp³-hybridized carbons (Fsp3) is 0.257. The van der Waals surface area contributed by atoms with Crippen LogP contribution in [0.15, 0.2) is 91.6 Å². The van der Waals surface area contributed by atoms with E-state index in [2.05, 4.69) is 22.2 Å². The zero-order valence-corrected chi connectivity index (χ0v) is 25.7. The maximum Gasteiger partial charge on any atom is 0.316 e. The maximum absolute atomic E-state index is 14.3. The van der Waals surface area contributed by atoms with Crippen LogP contribution in [0.4, 0.5) is 4.79 Å². The van der Waals surface area contributed by atoms with Crippen molar-refractivity contribution in [3.63, 3.8) is 0 Å². The molecule has 1 unspecified atom stereocenters. The lowest BCUT2D eigenvalue weighted by Crippen LogP contribution is -2.87. The molecular weight excluding hydrogens is 584 g/mol. The third-order valence-electron chi connectivity index (χ3n) is 8.10. The molecule has 0 spiro atoms. The Hall–Kier alpha value is -5.42. The van der Waals surface area contributed by atoms with Gasteiger partial charge in [-0.2, -0.15) is 0 Å². The number of fused-ring (bicyclic) bond motifs is 1. The molecule has 5 rings (SSSR count). The van der Waals surface area contributed by atoms with Crippen molar-refractivity contribution in [3.05, 3.63) is 114 Å². The van der Waals surface area contributed by atoms with Crippen LogP contribution in [0, 0.1) is 0 Å². The third-order valence-corrected chi connectivity index (χ3v) is 8.10. The Morgan fingerprint density at radius 1 is 1.04 bits per heavy atom. The van der Waals surface area contributed by atoms with Crippen molar-refractivity contribution >= 4 is 34.5 Å². The predicted octanol–water partition coefficient (Wildman–Crippen LogP) is 2.43. The molecule has 4 aromatic rings. The first kappa shape index (κ1) is 32.0. The number of quaternary nitrogens is 1. The van der Waals surface area contributed by atoms with Crippen molar-refractivity contribution in [2.24, 2.45) is 0 Å². The number of H-pyrrole nitrogens is 1. The Balaban J connectivity index is 1.47. The van der Waals surface area contributed by atoms with Gasteiger partial charge < -0.3 is 35.8 Å². The van der Waals surface area contributed by atoms with Crippen LogP contribution in [-0.4, -0.2) is 75.4 Å². The molecule has 46 heavy (non-hydrogen) atoms. The van der Waals surface area contributed by atoms with Gasteiger partial charge in [0.2, 0.25) is 5.91 Å². The molecule has 0 radical (unpaired) electrons. The summed E-state index contributed by atoms with van der Waals surface area (Å²) in [6.45, 7) is 6.32. The summed E-state index contributed by atoms with van der Waals surface area (Å²) >= 11 is 0. The first-order chi connectivity index (χ1) is 22.2. The third kappa shape index (κ3) is 7.44. The quantitative estimate of drug-likeness (QED) is 0.0933. The first-order valence-electron chi connectivity index (χ1n) is 15.2. The average molecular weight is 624 g/mol. The molecule has 11 nitrogen and oxygen atoms in total. The highest BCUT2D eigenvalue weighted by Crippen LogP contribution is 2.27. The monoisotopic (exact) mass is 623 g/mol. The van der Waals surface area contributed by atoms with Crippen LogP contribution in [0.5, 0.6) is 5.75 Å². The molecule has 6 N–H and O–H groups in total. The molecule has 1 aromatic heterocycles. The van der Waals surface area contributed by atoms with Crippen molar-refractivity contribution < 1.29 is 29.6 Å². The molecule has 238 valence electrons. The fourth-order valence-electron chi connectivity index (χ4n) is 5.84. The number of urea groups is 1. The number of carbonyl (C=O) groups is 4. The average Bonchev–Trinajstić information content (AvgIpc) is 3.49. The molecule has 4 amide bonds. The number of nitrogens with one attached hydrogen (secondary N) is 3. The van der Waals surface area contributed by atoms with Gasteiger partial charge in [-0.25, -0.2) is 4.79 Å². The van der Waals surface area contributed by atoms with Gasteiger partial charge in [-0.05, 0) is 41.8 Å². The van der Waals surface area contributed by atoms with E-state index in [4.69, 9.17) is 0 Å². The number of aromatic hydroxyl groups is 1. The molecule has 1 saturated heterocycles. The highest BCUT2D eigenvalue weighted by Gasteiger charge is 2.44. The Bertz CT molecular complexity index is 1720. The summed E-state index contributed by atoms with van der Waals surface area (Å²) in [7, 11) is 0. The molecule has 0 aliphatic carbocycles. The van der Waals surface area contributed by atoms with Gasteiger partial charge in [-0.15, -0.1) is 0 Å². The number of nitrogens with zero attached hydrogens (tertiary/aromatic N) is 2. The van der Waals surface area contributed by atoms with Crippen LogP contribution in [0.2, 0.25) is 0 Å². The van der Waals surface area contributed by atoms with Gasteiger partial charge in [-0.3, -0.25) is 14.4 Å². The molecular formula is C35H39N6O5+. The minimum atomic E-state index is -0.932. The number of phenolic OH excluding ortho intramolecular Hbond substituents is 1. The lowest BCUT2D eigenvalue weighted by molar-refractivity contribution is -0.635. The lowest BCUT2D eigenvalue weighted by Gasteiger charge is -2.46. The standard InChI is InChI=1S/C35H38N6O5/c1-3-16-36-20-32(44)41-30(17-24-12-14-27(43)15-13-24)34(45)40(21-26-10-7-11-28-29(23(2)42)19-37-33(26)28)22-31(41)39-35(46)38-18-25-8-5-4-6-9-25/h3-15,19,30-31,36-37,43H,1,16-18,20-22H2,2H3,(H2,38,39,46)/p+1/t30-,31?/m0/s1. The number of carbonyl (C=O) groups excluding carboxylic acids is 4. The van der Waals surface area contributed by atoms with Crippen LogP contribution < -0.4 is 16.0 Å². The van der Waals surface area contributed by atoms with Crippen LogP contribution in [0.1, 0.15) is 34.0 Å². The molecule has 0 saturated carbocycles. The van der Waals surface area contributed by atoms with E-state index in [9.17, 15) is 24.3 Å². The van der Waals surface area contributed by atoms with Crippen molar-refractivity contribution in [3.8, 4) is 5.75 Å². The van der Waals surface area contributed by atoms with E-state index in [1.807, 2.05) is 48.5 Å². The minimum Gasteiger partial charge on any atom is -0.508 e. The SMILES string of the molecule is C=CC[NH2+]CC(=O)N1C(NC(=O)NCc2ccccc2)CN(Cc2cccc3c(C(C)=O)c[nH]c23)C(=O)[C@@H]1Cc1ccc(O)cc1. The summed E-state index contributed by atoms with van der Waals surface area (Å²) < 4.78 is 0. The molecule has 1 aliphatic heterocycles. The number of Topliss-reactive ketones (excluding diaryl/α,β-unsaturated/α-hetero) is 1. The Kier molecular flexibility index (Phi) is 10.1. The second-order valence-electron chi connectivity index (χ2n) is 11.3. The van der Waals surface area contributed by atoms with Crippen LogP contribution in [-0.2, 0) is 29.1 Å². The summed E-state index contributed by atoms with van der Waals surface area (Å²) in [6.07, 6.45) is 2.70. The van der Waals surface area contributed by atoms with Crippen molar-refractivity contribution in [1.29, 1.82) is 0 Å². The van der Waals surface area contributed by atoms with E-state index in [0.717, 1.165) is 27.6 Å². The van der Waals surface area contributed by atoms with E-state index >= 15 is 0 Å². The van der Waals surface area contributed by atoms with Gasteiger partial charge in [0, 0.05) is 36.7 Å². The van der Waals surface area contributed by atoms with E-state index in [1.54, 1.807) is 34.6 Å². The number of phenols is 1. The van der Waals surface area contributed by atoms with E-state index in [-0.39, 0.29) is 55.9 Å². The number of aromatic amines is 1. The zero-order chi connectivity index (χ0) is 32.6. The second kappa shape index (κ2) is 14.6. The Morgan fingerprint density at radius 3 is 2.52 bits per heavy atom. The minimum absolute atomic E-state index is 0.0491. The number of para-hydroxylation sites is 1. The number of benzene rings is 3. The normalized spacial score (nSPS) is 16.3. The van der Waals surface area contributed by atoms with E-state index in [1.165, 1.54) is 24.0 Å². The maximum atomic E-state index is 14.3. The van der Waals surface area contributed by atoms with Gasteiger partial charge >= 0.3 is 6.03 Å². The van der Waals surface area contributed by atoms with Crippen molar-refractivity contribution in [1.82, 2.24) is 25.4 Å². The highest BCUT2D eigenvalue weighted by atomic mass is 16.3. The molecule has 1 fully saturated rings. The summed E-state index contributed by atoms with van der Waals surface area (Å²) in [5, 5.41) is 18.2. The Morgan fingerprint density at radius 2 is 1.80 bits per heavy atom.